The van der Waals surface area contributed by atoms with Crippen molar-refractivity contribution in [1.82, 2.24) is 5.32 Å². The Kier molecular flexibility index (Phi) is 4.77. The molecule has 1 fully saturated rings. The second kappa shape index (κ2) is 6.37. The van der Waals surface area contributed by atoms with E-state index >= 15 is 0 Å². The van der Waals surface area contributed by atoms with E-state index < -0.39 is 5.97 Å². The van der Waals surface area contributed by atoms with Crippen molar-refractivity contribution in [2.24, 2.45) is 5.41 Å². The highest BCUT2D eigenvalue weighted by molar-refractivity contribution is 7.08. The smallest absolute Gasteiger partial charge is 0.303 e. The highest BCUT2D eigenvalue weighted by Gasteiger charge is 2.35. The molecule has 0 bridgehead atoms. The molecule has 0 aromatic carbocycles. The zero-order valence-corrected chi connectivity index (χ0v) is 12.3. The van der Waals surface area contributed by atoms with Gasteiger partial charge < -0.3 is 15.2 Å². The number of carbonyl (C=O) groups excluding carboxylic acids is 1. The number of amides is 1. The Hall–Kier alpha value is -1.40. The Balaban J connectivity index is 2.00. The largest absolute Gasteiger partial charge is 0.481 e. The Morgan fingerprint density at radius 3 is 2.65 bits per heavy atom. The molecule has 0 radical (unpaired) electrons. The molecule has 1 aromatic heterocycles. The van der Waals surface area contributed by atoms with Crippen molar-refractivity contribution in [3.8, 4) is 0 Å². The van der Waals surface area contributed by atoms with Gasteiger partial charge in [0.15, 0.2) is 0 Å². The number of aryl methyl sites for hydroxylation is 1. The van der Waals surface area contributed by atoms with Gasteiger partial charge in [-0.3, -0.25) is 9.59 Å². The van der Waals surface area contributed by atoms with Crippen LogP contribution in [0.15, 0.2) is 10.8 Å². The number of carboxylic acids is 1. The van der Waals surface area contributed by atoms with E-state index in [9.17, 15) is 9.59 Å². The fraction of sp³-hybridized carbons (Fsp3) is 0.571. The third-order valence-electron chi connectivity index (χ3n) is 3.80. The molecule has 20 heavy (non-hydrogen) atoms. The molecule has 2 heterocycles. The molecule has 1 amide bonds. The van der Waals surface area contributed by atoms with E-state index in [0.717, 1.165) is 5.56 Å². The number of nitrogens with one attached hydrogen (secondary N) is 1. The lowest BCUT2D eigenvalue weighted by Gasteiger charge is -2.36. The third-order valence-corrected chi connectivity index (χ3v) is 4.67. The molecule has 2 N–H and O–H groups in total. The van der Waals surface area contributed by atoms with Crippen LogP contribution >= 0.6 is 11.3 Å². The number of hydrogen-bond donors (Lipinski definition) is 2. The number of carboxylic acid groups (broad SMARTS) is 1. The van der Waals surface area contributed by atoms with Crippen LogP contribution in [-0.2, 0) is 9.53 Å². The van der Waals surface area contributed by atoms with Gasteiger partial charge in [-0.15, -0.1) is 0 Å². The summed E-state index contributed by atoms with van der Waals surface area (Å²) in [6.07, 6.45) is 1.41. The van der Waals surface area contributed by atoms with E-state index in [0.29, 0.717) is 38.2 Å². The van der Waals surface area contributed by atoms with Crippen molar-refractivity contribution in [2.75, 3.05) is 19.8 Å². The van der Waals surface area contributed by atoms with Crippen LogP contribution in [0.4, 0.5) is 0 Å². The molecule has 0 unspecified atom stereocenters. The zero-order valence-electron chi connectivity index (χ0n) is 11.5. The molecule has 2 rings (SSSR count). The van der Waals surface area contributed by atoms with Gasteiger partial charge in [-0.1, -0.05) is 0 Å². The summed E-state index contributed by atoms with van der Waals surface area (Å²) in [5, 5.41) is 15.7. The van der Waals surface area contributed by atoms with Crippen molar-refractivity contribution < 1.29 is 19.4 Å². The predicted octanol–water partition coefficient (Wildman–Crippen LogP) is 2.06. The molecule has 0 saturated carbocycles. The topological polar surface area (TPSA) is 75.6 Å². The van der Waals surface area contributed by atoms with E-state index in [1.165, 1.54) is 11.3 Å². The number of rotatable bonds is 5. The summed E-state index contributed by atoms with van der Waals surface area (Å²) < 4.78 is 5.30. The molecule has 0 aliphatic carbocycles. The average Bonchev–Trinajstić information content (AvgIpc) is 2.83. The highest BCUT2D eigenvalue weighted by Crippen LogP contribution is 2.33. The van der Waals surface area contributed by atoms with Crippen LogP contribution in [0.5, 0.6) is 0 Å². The molecule has 1 aromatic rings. The van der Waals surface area contributed by atoms with E-state index in [1.807, 2.05) is 17.7 Å². The van der Waals surface area contributed by atoms with Crippen LogP contribution in [-0.4, -0.2) is 36.7 Å². The lowest BCUT2D eigenvalue weighted by molar-refractivity contribution is -0.141. The summed E-state index contributed by atoms with van der Waals surface area (Å²) in [5.41, 5.74) is 1.24. The first-order chi connectivity index (χ1) is 9.52. The SMILES string of the molecule is Cc1cscc1C(=O)NCC1(CC(=O)O)CCOCC1. The first-order valence-electron chi connectivity index (χ1n) is 6.63. The molecule has 1 saturated heterocycles. The Labute approximate surface area is 121 Å². The number of thiophene rings is 1. The summed E-state index contributed by atoms with van der Waals surface area (Å²) in [6.45, 7) is 3.39. The molecule has 1 aliphatic heterocycles. The van der Waals surface area contributed by atoms with Gasteiger partial charge in [0, 0.05) is 30.6 Å². The van der Waals surface area contributed by atoms with Crippen molar-refractivity contribution in [2.45, 2.75) is 26.2 Å². The minimum Gasteiger partial charge on any atom is -0.481 e. The summed E-state index contributed by atoms with van der Waals surface area (Å²) >= 11 is 1.49. The van der Waals surface area contributed by atoms with E-state index in [4.69, 9.17) is 9.84 Å². The lowest BCUT2D eigenvalue weighted by atomic mass is 9.77. The van der Waals surface area contributed by atoms with Gasteiger partial charge in [-0.05, 0) is 30.7 Å². The zero-order chi connectivity index (χ0) is 14.6. The second-order valence-corrected chi connectivity index (χ2v) is 6.08. The minimum absolute atomic E-state index is 0.0687. The molecular weight excluding hydrogens is 278 g/mol. The molecular formula is C14H19NO4S. The normalized spacial score (nSPS) is 17.6. The van der Waals surface area contributed by atoms with Crippen LogP contribution in [0.2, 0.25) is 0 Å². The van der Waals surface area contributed by atoms with E-state index in [-0.39, 0.29) is 17.7 Å². The fourth-order valence-corrected chi connectivity index (χ4v) is 3.33. The number of ether oxygens (including phenoxy) is 1. The average molecular weight is 297 g/mol. The van der Waals surface area contributed by atoms with Crippen LogP contribution < -0.4 is 5.32 Å². The first kappa shape index (κ1) is 15.0. The summed E-state index contributed by atoms with van der Waals surface area (Å²) in [7, 11) is 0. The number of hydrogen-bond acceptors (Lipinski definition) is 4. The molecule has 1 aliphatic rings. The van der Waals surface area contributed by atoms with Gasteiger partial charge in [0.2, 0.25) is 0 Å². The van der Waals surface area contributed by atoms with Gasteiger partial charge in [-0.25, -0.2) is 0 Å². The van der Waals surface area contributed by atoms with Gasteiger partial charge in [0.25, 0.3) is 5.91 Å². The van der Waals surface area contributed by atoms with Gasteiger partial charge in [0.1, 0.15) is 0 Å². The fourth-order valence-electron chi connectivity index (χ4n) is 2.50. The maximum absolute atomic E-state index is 12.1. The van der Waals surface area contributed by atoms with Crippen molar-refractivity contribution in [3.05, 3.63) is 21.9 Å². The first-order valence-corrected chi connectivity index (χ1v) is 7.57. The second-order valence-electron chi connectivity index (χ2n) is 5.33. The van der Waals surface area contributed by atoms with Crippen LogP contribution in [0.3, 0.4) is 0 Å². The summed E-state index contributed by atoms with van der Waals surface area (Å²) in [5.74, 6) is -0.951. The maximum Gasteiger partial charge on any atom is 0.303 e. The van der Waals surface area contributed by atoms with E-state index in [1.54, 1.807) is 0 Å². The lowest BCUT2D eigenvalue weighted by Crippen LogP contribution is -2.42. The number of aliphatic carboxylic acids is 1. The number of carbonyl (C=O) groups is 2. The van der Waals surface area contributed by atoms with Gasteiger partial charge in [0.05, 0.1) is 12.0 Å². The molecule has 6 heteroatoms. The third kappa shape index (κ3) is 3.58. The van der Waals surface area contributed by atoms with Crippen molar-refractivity contribution in [3.63, 3.8) is 0 Å². The summed E-state index contributed by atoms with van der Waals surface area (Å²) in [4.78, 5) is 23.2. The van der Waals surface area contributed by atoms with E-state index in [2.05, 4.69) is 5.32 Å². The standard InChI is InChI=1S/C14H19NO4S/c1-10-7-20-8-11(10)13(18)15-9-14(6-12(16)17)2-4-19-5-3-14/h7-8H,2-6,9H2,1H3,(H,15,18)(H,16,17). The monoisotopic (exact) mass is 297 g/mol. The van der Waals surface area contributed by atoms with Crippen LogP contribution in [0.1, 0.15) is 35.2 Å². The van der Waals surface area contributed by atoms with Gasteiger partial charge >= 0.3 is 5.97 Å². The van der Waals surface area contributed by atoms with Crippen molar-refractivity contribution >= 4 is 23.2 Å². The van der Waals surface area contributed by atoms with Crippen LogP contribution in [0, 0.1) is 12.3 Å². The summed E-state index contributed by atoms with van der Waals surface area (Å²) in [6, 6.07) is 0. The Bertz CT molecular complexity index is 491. The Morgan fingerprint density at radius 2 is 2.10 bits per heavy atom. The maximum atomic E-state index is 12.1. The molecule has 0 atom stereocenters. The Morgan fingerprint density at radius 1 is 1.40 bits per heavy atom. The molecule has 0 spiro atoms. The van der Waals surface area contributed by atoms with Crippen molar-refractivity contribution in [1.29, 1.82) is 0 Å². The molecule has 110 valence electrons. The quantitative estimate of drug-likeness (QED) is 0.872. The highest BCUT2D eigenvalue weighted by atomic mass is 32.1. The molecule has 5 nitrogen and oxygen atoms in total. The predicted molar refractivity (Wildman–Crippen MR) is 76.1 cm³/mol. The van der Waals surface area contributed by atoms with Crippen LogP contribution in [0.25, 0.3) is 0 Å². The van der Waals surface area contributed by atoms with Gasteiger partial charge in [-0.2, -0.15) is 11.3 Å². The minimum atomic E-state index is -0.826.